The van der Waals surface area contributed by atoms with E-state index in [0.29, 0.717) is 36.1 Å². The van der Waals surface area contributed by atoms with Crippen molar-refractivity contribution in [3.63, 3.8) is 0 Å². The summed E-state index contributed by atoms with van der Waals surface area (Å²) >= 11 is 3.12. The van der Waals surface area contributed by atoms with Gasteiger partial charge in [0.25, 0.3) is 0 Å². The number of pyridine rings is 1. The molecule has 0 radical (unpaired) electrons. The van der Waals surface area contributed by atoms with E-state index in [1.807, 2.05) is 0 Å². The Balaban J connectivity index is 2.08. The fourth-order valence-corrected chi connectivity index (χ4v) is 1.62. The fourth-order valence-electron chi connectivity index (χ4n) is 1.29. The molecule has 0 saturated carbocycles. The van der Waals surface area contributed by atoms with Crippen LogP contribution in [0.25, 0.3) is 0 Å². The van der Waals surface area contributed by atoms with E-state index in [1.54, 1.807) is 0 Å². The number of aromatic carboxylic acids is 1. The minimum Gasteiger partial charge on any atom is -0.491 e. The molecule has 1 aromatic rings. The van der Waals surface area contributed by atoms with E-state index >= 15 is 0 Å². The van der Waals surface area contributed by atoms with Crippen molar-refractivity contribution >= 4 is 21.9 Å². The Morgan fingerprint density at radius 3 is 3.00 bits per heavy atom. The quantitative estimate of drug-likeness (QED) is 0.852. The van der Waals surface area contributed by atoms with E-state index in [-0.39, 0.29) is 5.56 Å². The highest BCUT2D eigenvalue weighted by atomic mass is 79.9. The minimum atomic E-state index is -1.03. The minimum absolute atomic E-state index is 0.113. The van der Waals surface area contributed by atoms with Crippen molar-refractivity contribution in [1.82, 2.24) is 4.98 Å². The largest absolute Gasteiger partial charge is 0.491 e. The van der Waals surface area contributed by atoms with E-state index in [9.17, 15) is 4.79 Å². The number of nitrogens with zero attached hydrogens (tertiary/aromatic N) is 1. The zero-order valence-corrected chi connectivity index (χ0v) is 9.94. The third-order valence-electron chi connectivity index (χ3n) is 2.25. The molecule has 0 spiro atoms. The van der Waals surface area contributed by atoms with Crippen molar-refractivity contribution in [2.45, 2.75) is 0 Å². The first-order valence-electron chi connectivity index (χ1n) is 4.76. The number of rotatable bonds is 4. The Bertz CT molecular complexity index is 406. The second-order valence-electron chi connectivity index (χ2n) is 3.52. The van der Waals surface area contributed by atoms with Crippen LogP contribution in [0.4, 0.5) is 0 Å². The Morgan fingerprint density at radius 1 is 1.69 bits per heavy atom. The zero-order chi connectivity index (χ0) is 11.5. The molecule has 0 amide bonds. The topological polar surface area (TPSA) is 68.7 Å². The molecule has 0 bridgehead atoms. The van der Waals surface area contributed by atoms with Gasteiger partial charge in [0.2, 0.25) is 0 Å². The molecule has 6 heteroatoms. The molecule has 0 unspecified atom stereocenters. The van der Waals surface area contributed by atoms with Gasteiger partial charge in [-0.2, -0.15) is 0 Å². The average Bonchev–Trinajstić information content (AvgIpc) is 2.17. The molecule has 1 fully saturated rings. The number of hydrogen-bond acceptors (Lipinski definition) is 4. The maximum atomic E-state index is 10.9. The zero-order valence-electron chi connectivity index (χ0n) is 8.35. The molecule has 1 aliphatic heterocycles. The lowest BCUT2D eigenvalue weighted by atomic mass is 10.1. The number of carboxylic acid groups (broad SMARTS) is 1. The van der Waals surface area contributed by atoms with Crippen molar-refractivity contribution in [2.24, 2.45) is 5.92 Å². The summed E-state index contributed by atoms with van der Waals surface area (Å²) in [5, 5.41) is 8.97. The van der Waals surface area contributed by atoms with Crippen LogP contribution in [0.2, 0.25) is 0 Å². The lowest BCUT2D eigenvalue weighted by molar-refractivity contribution is -0.0509. The van der Waals surface area contributed by atoms with Crippen LogP contribution in [0.5, 0.6) is 5.75 Å². The van der Waals surface area contributed by atoms with E-state index in [2.05, 4.69) is 20.9 Å². The monoisotopic (exact) mass is 287 g/mol. The molecule has 1 N–H and O–H groups in total. The summed E-state index contributed by atoms with van der Waals surface area (Å²) in [4.78, 5) is 14.9. The molecule has 16 heavy (non-hydrogen) atoms. The van der Waals surface area contributed by atoms with Gasteiger partial charge in [-0.3, -0.25) is 0 Å². The van der Waals surface area contributed by atoms with Crippen LogP contribution in [0, 0.1) is 5.92 Å². The van der Waals surface area contributed by atoms with Crippen LogP contribution in [-0.4, -0.2) is 35.9 Å². The van der Waals surface area contributed by atoms with E-state index < -0.39 is 5.97 Å². The molecule has 5 nitrogen and oxygen atoms in total. The van der Waals surface area contributed by atoms with E-state index in [4.69, 9.17) is 14.6 Å². The molecule has 1 aliphatic rings. The van der Waals surface area contributed by atoms with Gasteiger partial charge in [-0.25, -0.2) is 9.78 Å². The van der Waals surface area contributed by atoms with Crippen LogP contribution < -0.4 is 4.74 Å². The van der Waals surface area contributed by atoms with Crippen LogP contribution in [0.3, 0.4) is 0 Å². The molecule has 1 aromatic heterocycles. The number of ether oxygens (including phenoxy) is 2. The van der Waals surface area contributed by atoms with Gasteiger partial charge < -0.3 is 14.6 Å². The number of hydrogen-bond donors (Lipinski definition) is 1. The first kappa shape index (κ1) is 11.3. The summed E-state index contributed by atoms with van der Waals surface area (Å²) in [6.45, 7) is 1.81. The maximum Gasteiger partial charge on any atom is 0.339 e. The van der Waals surface area contributed by atoms with Gasteiger partial charge in [-0.15, -0.1) is 0 Å². The third kappa shape index (κ3) is 2.51. The first-order chi connectivity index (χ1) is 7.66. The van der Waals surface area contributed by atoms with Crippen molar-refractivity contribution < 1.29 is 19.4 Å². The number of halogens is 1. The average molecular weight is 288 g/mol. The van der Waals surface area contributed by atoms with Gasteiger partial charge in [0.05, 0.1) is 26.0 Å². The Morgan fingerprint density at radius 2 is 2.44 bits per heavy atom. The van der Waals surface area contributed by atoms with E-state index in [0.717, 1.165) is 0 Å². The molecule has 1 saturated heterocycles. The third-order valence-corrected chi connectivity index (χ3v) is 2.68. The van der Waals surface area contributed by atoms with Crippen molar-refractivity contribution in [3.05, 3.63) is 22.4 Å². The molecular weight excluding hydrogens is 278 g/mol. The molecule has 2 heterocycles. The highest BCUT2D eigenvalue weighted by molar-refractivity contribution is 9.10. The molecule has 2 rings (SSSR count). The second kappa shape index (κ2) is 4.80. The summed E-state index contributed by atoms with van der Waals surface area (Å²) in [7, 11) is 0. The van der Waals surface area contributed by atoms with Gasteiger partial charge in [0.1, 0.15) is 10.2 Å². The number of carboxylic acids is 1. The van der Waals surface area contributed by atoms with Crippen molar-refractivity contribution in [1.29, 1.82) is 0 Å². The second-order valence-corrected chi connectivity index (χ2v) is 4.34. The van der Waals surface area contributed by atoms with Crippen LogP contribution in [-0.2, 0) is 4.74 Å². The van der Waals surface area contributed by atoms with Gasteiger partial charge >= 0.3 is 5.97 Å². The van der Waals surface area contributed by atoms with Gasteiger partial charge in [0, 0.05) is 5.92 Å². The molecular formula is C10H10BrNO4. The Hall–Kier alpha value is -1.14. The van der Waals surface area contributed by atoms with Crippen molar-refractivity contribution in [2.75, 3.05) is 19.8 Å². The van der Waals surface area contributed by atoms with E-state index in [1.165, 1.54) is 12.3 Å². The standard InChI is InChI=1S/C10H10BrNO4/c11-9-1-7(10(13)14)8(2-12-9)16-5-6-3-15-4-6/h1-2,6H,3-5H2,(H,13,14). The summed E-state index contributed by atoms with van der Waals surface area (Å²) in [6.07, 6.45) is 1.41. The van der Waals surface area contributed by atoms with Crippen LogP contribution in [0.1, 0.15) is 10.4 Å². The molecule has 86 valence electrons. The Kier molecular flexibility index (Phi) is 3.40. The Labute approximate surface area is 101 Å². The SMILES string of the molecule is O=C(O)c1cc(Br)ncc1OCC1COC1. The highest BCUT2D eigenvalue weighted by Crippen LogP contribution is 2.22. The van der Waals surface area contributed by atoms with Crippen molar-refractivity contribution in [3.8, 4) is 5.75 Å². The van der Waals surface area contributed by atoms with Crippen LogP contribution in [0.15, 0.2) is 16.9 Å². The number of aromatic nitrogens is 1. The summed E-state index contributed by atoms with van der Waals surface area (Å²) in [5.74, 6) is -0.379. The van der Waals surface area contributed by atoms with Gasteiger partial charge in [0.15, 0.2) is 5.75 Å². The maximum absolute atomic E-state index is 10.9. The van der Waals surface area contributed by atoms with Gasteiger partial charge in [-0.1, -0.05) is 0 Å². The normalized spacial score (nSPS) is 15.6. The smallest absolute Gasteiger partial charge is 0.339 e. The summed E-state index contributed by atoms with van der Waals surface area (Å²) < 4.78 is 10.9. The predicted molar refractivity (Wildman–Crippen MR) is 58.7 cm³/mol. The summed E-state index contributed by atoms with van der Waals surface area (Å²) in [5.41, 5.74) is 0.113. The highest BCUT2D eigenvalue weighted by Gasteiger charge is 2.20. The lowest BCUT2D eigenvalue weighted by Crippen LogP contribution is -2.32. The summed E-state index contributed by atoms with van der Waals surface area (Å²) in [6, 6.07) is 1.43. The fraction of sp³-hybridized carbons (Fsp3) is 0.400. The first-order valence-corrected chi connectivity index (χ1v) is 5.55. The molecule has 0 atom stereocenters. The van der Waals surface area contributed by atoms with Crippen LogP contribution >= 0.6 is 15.9 Å². The number of carbonyl (C=O) groups is 1. The van der Waals surface area contributed by atoms with Gasteiger partial charge in [-0.05, 0) is 22.0 Å². The predicted octanol–water partition coefficient (Wildman–Crippen LogP) is 1.57. The molecule has 0 aliphatic carbocycles. The lowest BCUT2D eigenvalue weighted by Gasteiger charge is -2.25. The molecule has 0 aromatic carbocycles.